The quantitative estimate of drug-likeness (QED) is 0.442. The molecule has 1 aromatic carbocycles. The van der Waals surface area contributed by atoms with Crippen LogP contribution >= 0.6 is 11.6 Å². The van der Waals surface area contributed by atoms with Gasteiger partial charge in [-0.1, -0.05) is 31.5 Å². The van der Waals surface area contributed by atoms with Crippen LogP contribution in [0.4, 0.5) is 24.7 Å². The molecule has 2 aromatic rings. The van der Waals surface area contributed by atoms with Crippen LogP contribution in [0, 0.1) is 23.0 Å². The number of likely N-dealkylation sites (N-methyl/N-ethyl adjacent to an activating group) is 1. The molecule has 3 heterocycles. The maximum atomic E-state index is 15.3. The highest BCUT2D eigenvalue weighted by Gasteiger charge is 2.55. The Morgan fingerprint density at radius 2 is 1.91 bits per heavy atom. The highest BCUT2D eigenvalue weighted by Crippen LogP contribution is 2.47. The number of hydrogen-bond acceptors (Lipinski definition) is 6. The standard InChI is InChI=1S/C23H28ClF3N4O3S/c1-22(2)8-10-30(3)21(22)23(34-4)9-11-31(13-23)15-12-14(25)20(19(27)18(15)24)35(32,33)29-17-7-5-6-16(26)28-17/h5-7,12,21H,8-11,13H2,1-4H3,(H,28,29). The number of halogens is 4. The summed E-state index contributed by atoms with van der Waals surface area (Å²) in [5, 5.41) is -0.523. The molecule has 2 saturated heterocycles. The number of likely N-dealkylation sites (tertiary alicyclic amines) is 1. The van der Waals surface area contributed by atoms with Crippen LogP contribution in [0.3, 0.4) is 0 Å². The Bertz CT molecular complexity index is 1250. The summed E-state index contributed by atoms with van der Waals surface area (Å²) in [6.45, 7) is 6.02. The summed E-state index contributed by atoms with van der Waals surface area (Å²) < 4.78 is 77.1. The van der Waals surface area contributed by atoms with Gasteiger partial charge in [0, 0.05) is 32.3 Å². The van der Waals surface area contributed by atoms with Gasteiger partial charge in [-0.3, -0.25) is 9.62 Å². The first-order valence-corrected chi connectivity index (χ1v) is 13.0. The molecule has 2 fully saturated rings. The molecule has 35 heavy (non-hydrogen) atoms. The molecule has 0 aliphatic carbocycles. The molecular weight excluding hydrogens is 505 g/mol. The number of anilines is 2. The van der Waals surface area contributed by atoms with Crippen LogP contribution < -0.4 is 9.62 Å². The van der Waals surface area contributed by atoms with E-state index in [9.17, 15) is 12.8 Å². The minimum absolute atomic E-state index is 0.0321. The van der Waals surface area contributed by atoms with E-state index in [1.165, 1.54) is 6.07 Å². The first kappa shape index (κ1) is 26.0. The lowest BCUT2D eigenvalue weighted by atomic mass is 9.75. The van der Waals surface area contributed by atoms with Crippen molar-refractivity contribution in [3.05, 3.63) is 46.9 Å². The minimum Gasteiger partial charge on any atom is -0.375 e. The van der Waals surface area contributed by atoms with Crippen molar-refractivity contribution in [1.29, 1.82) is 0 Å². The van der Waals surface area contributed by atoms with Crippen LogP contribution in [-0.4, -0.2) is 63.7 Å². The van der Waals surface area contributed by atoms with Crippen molar-refractivity contribution in [1.82, 2.24) is 9.88 Å². The summed E-state index contributed by atoms with van der Waals surface area (Å²) in [5.74, 6) is -4.12. The van der Waals surface area contributed by atoms with Crippen molar-refractivity contribution in [2.45, 2.75) is 43.2 Å². The highest BCUT2D eigenvalue weighted by molar-refractivity contribution is 7.92. The van der Waals surface area contributed by atoms with Gasteiger partial charge in [-0.05, 0) is 44.0 Å². The Morgan fingerprint density at radius 1 is 1.20 bits per heavy atom. The molecule has 1 aromatic heterocycles. The highest BCUT2D eigenvalue weighted by atomic mass is 35.5. The normalized spacial score (nSPS) is 24.8. The molecule has 0 radical (unpaired) electrons. The van der Waals surface area contributed by atoms with Gasteiger partial charge in [-0.2, -0.15) is 4.39 Å². The zero-order chi connectivity index (χ0) is 25.8. The van der Waals surface area contributed by atoms with E-state index in [0.717, 1.165) is 31.2 Å². The maximum absolute atomic E-state index is 15.3. The number of sulfonamides is 1. The molecule has 2 aliphatic heterocycles. The summed E-state index contributed by atoms with van der Waals surface area (Å²) in [6.07, 6.45) is 1.59. The molecule has 2 aliphatic rings. The Labute approximate surface area is 208 Å². The zero-order valence-electron chi connectivity index (χ0n) is 19.9. The second-order valence-corrected chi connectivity index (χ2v) is 11.8. The SMILES string of the molecule is COC1(C2N(C)CCC2(C)C)CCN(c2cc(F)c(S(=O)(=O)Nc3cccc(F)n3)c(F)c2Cl)C1. The van der Waals surface area contributed by atoms with Crippen molar-refractivity contribution < 1.29 is 26.3 Å². The molecule has 1 N–H and O–H groups in total. The van der Waals surface area contributed by atoms with E-state index in [1.807, 2.05) is 11.8 Å². The molecule has 4 rings (SSSR count). The summed E-state index contributed by atoms with van der Waals surface area (Å²) >= 11 is 6.26. The van der Waals surface area contributed by atoms with Gasteiger partial charge in [0.05, 0.1) is 5.69 Å². The lowest BCUT2D eigenvalue weighted by Crippen LogP contribution is -2.56. The van der Waals surface area contributed by atoms with E-state index < -0.39 is 48.9 Å². The van der Waals surface area contributed by atoms with Gasteiger partial charge >= 0.3 is 0 Å². The topological polar surface area (TPSA) is 74.8 Å². The van der Waals surface area contributed by atoms with Crippen LogP contribution in [0.2, 0.25) is 5.02 Å². The van der Waals surface area contributed by atoms with E-state index >= 15 is 8.78 Å². The van der Waals surface area contributed by atoms with Gasteiger partial charge in [0.1, 0.15) is 22.3 Å². The third-order valence-corrected chi connectivity index (χ3v) is 8.87. The maximum Gasteiger partial charge on any atom is 0.268 e. The third-order valence-electron chi connectivity index (χ3n) is 7.12. The monoisotopic (exact) mass is 532 g/mol. The van der Waals surface area contributed by atoms with E-state index in [1.54, 1.807) is 12.0 Å². The van der Waals surface area contributed by atoms with Gasteiger partial charge in [-0.25, -0.2) is 22.2 Å². The number of hydrogen-bond donors (Lipinski definition) is 1. The number of ether oxygens (including phenoxy) is 1. The van der Waals surface area contributed by atoms with E-state index in [0.29, 0.717) is 19.5 Å². The van der Waals surface area contributed by atoms with E-state index in [4.69, 9.17) is 16.3 Å². The van der Waals surface area contributed by atoms with Crippen LogP contribution in [0.15, 0.2) is 29.2 Å². The molecule has 0 amide bonds. The fourth-order valence-corrected chi connectivity index (χ4v) is 7.12. The lowest BCUT2D eigenvalue weighted by Gasteiger charge is -2.44. The molecule has 0 saturated carbocycles. The minimum atomic E-state index is -4.78. The second kappa shape index (κ2) is 9.10. The lowest BCUT2D eigenvalue weighted by molar-refractivity contribution is -0.0736. The van der Waals surface area contributed by atoms with E-state index in [2.05, 4.69) is 23.7 Å². The van der Waals surface area contributed by atoms with Crippen LogP contribution in [-0.2, 0) is 14.8 Å². The summed E-state index contributed by atoms with van der Waals surface area (Å²) in [7, 11) is -1.11. The van der Waals surface area contributed by atoms with Crippen molar-refractivity contribution in [2.75, 3.05) is 43.4 Å². The molecular formula is C23H28ClF3N4O3S. The average Bonchev–Trinajstić information content (AvgIpc) is 3.31. The predicted octanol–water partition coefficient (Wildman–Crippen LogP) is 4.28. The Balaban J connectivity index is 1.67. The molecule has 192 valence electrons. The number of benzene rings is 1. The number of rotatable bonds is 6. The van der Waals surface area contributed by atoms with Crippen LogP contribution in [0.25, 0.3) is 0 Å². The molecule has 7 nitrogen and oxygen atoms in total. The molecule has 0 spiro atoms. The van der Waals surface area contributed by atoms with Crippen LogP contribution in [0.1, 0.15) is 26.7 Å². The van der Waals surface area contributed by atoms with Crippen molar-refractivity contribution in [3.8, 4) is 0 Å². The Hall–Kier alpha value is -2.08. The molecule has 12 heteroatoms. The number of aromatic nitrogens is 1. The van der Waals surface area contributed by atoms with Gasteiger partial charge in [-0.15, -0.1) is 0 Å². The van der Waals surface area contributed by atoms with E-state index in [-0.39, 0.29) is 17.1 Å². The number of nitrogens with zero attached hydrogens (tertiary/aromatic N) is 3. The molecule has 0 bridgehead atoms. The number of methoxy groups -OCH3 is 1. The van der Waals surface area contributed by atoms with Crippen LogP contribution in [0.5, 0.6) is 0 Å². The predicted molar refractivity (Wildman–Crippen MR) is 128 cm³/mol. The first-order valence-electron chi connectivity index (χ1n) is 11.1. The number of nitrogens with one attached hydrogen (secondary N) is 1. The van der Waals surface area contributed by atoms with Gasteiger partial charge in [0.15, 0.2) is 10.7 Å². The van der Waals surface area contributed by atoms with Gasteiger partial charge < -0.3 is 9.64 Å². The van der Waals surface area contributed by atoms with Crippen molar-refractivity contribution >= 4 is 33.1 Å². The Kier molecular flexibility index (Phi) is 6.76. The first-order chi connectivity index (χ1) is 16.3. The Morgan fingerprint density at radius 3 is 2.51 bits per heavy atom. The fourth-order valence-electron chi connectivity index (χ4n) is 5.65. The summed E-state index contributed by atoms with van der Waals surface area (Å²) in [6, 6.07) is 4.35. The number of pyridine rings is 1. The third kappa shape index (κ3) is 4.59. The van der Waals surface area contributed by atoms with Crippen molar-refractivity contribution in [3.63, 3.8) is 0 Å². The second-order valence-electron chi connectivity index (χ2n) is 9.85. The molecule has 2 atom stereocenters. The smallest absolute Gasteiger partial charge is 0.268 e. The zero-order valence-corrected chi connectivity index (χ0v) is 21.5. The van der Waals surface area contributed by atoms with Crippen molar-refractivity contribution in [2.24, 2.45) is 5.41 Å². The summed E-state index contributed by atoms with van der Waals surface area (Å²) in [4.78, 5) is 6.08. The van der Waals surface area contributed by atoms with Gasteiger partial charge in [0.2, 0.25) is 5.95 Å². The van der Waals surface area contributed by atoms with Gasteiger partial charge in [0.25, 0.3) is 10.0 Å². The molecule has 2 unspecified atom stereocenters. The summed E-state index contributed by atoms with van der Waals surface area (Å²) in [5.41, 5.74) is -0.586. The largest absolute Gasteiger partial charge is 0.375 e. The average molecular weight is 533 g/mol. The fraction of sp³-hybridized carbons (Fsp3) is 0.522.